The summed E-state index contributed by atoms with van der Waals surface area (Å²) >= 11 is 1.84. The number of aromatic nitrogens is 3. The first-order valence-corrected chi connectivity index (χ1v) is 10.5. The second-order valence-corrected chi connectivity index (χ2v) is 8.51. The molecule has 0 amide bonds. The fourth-order valence-electron chi connectivity index (χ4n) is 3.73. The van der Waals surface area contributed by atoms with E-state index in [2.05, 4.69) is 58.4 Å². The number of benzene rings is 2. The first kappa shape index (κ1) is 17.5. The van der Waals surface area contributed by atoms with Gasteiger partial charge >= 0.3 is 0 Å². The zero-order valence-electron chi connectivity index (χ0n) is 15.8. The first-order chi connectivity index (χ1) is 13.7. The van der Waals surface area contributed by atoms with E-state index in [0.717, 1.165) is 49.4 Å². The van der Waals surface area contributed by atoms with Crippen LogP contribution in [0.15, 0.2) is 53.1 Å². The van der Waals surface area contributed by atoms with Gasteiger partial charge in [-0.05, 0) is 57.1 Å². The molecule has 0 bridgehead atoms. The summed E-state index contributed by atoms with van der Waals surface area (Å²) in [4.78, 5) is 11.8. The fourth-order valence-corrected chi connectivity index (χ4v) is 4.87. The molecule has 3 heterocycles. The molecule has 0 N–H and O–H groups in total. The fraction of sp³-hybridized carbons (Fsp3) is 0.318. The van der Waals surface area contributed by atoms with E-state index in [-0.39, 0.29) is 0 Å². The van der Waals surface area contributed by atoms with E-state index < -0.39 is 0 Å². The Kier molecular flexibility index (Phi) is 4.66. The predicted octanol–water partition coefficient (Wildman–Crippen LogP) is 5.03. The van der Waals surface area contributed by atoms with Crippen LogP contribution >= 0.6 is 11.3 Å². The minimum absolute atomic E-state index is 0.557. The van der Waals surface area contributed by atoms with Gasteiger partial charge in [-0.3, -0.25) is 4.90 Å². The summed E-state index contributed by atoms with van der Waals surface area (Å²) in [7, 11) is 0. The van der Waals surface area contributed by atoms with Crippen molar-refractivity contribution >= 4 is 21.6 Å². The maximum atomic E-state index is 5.46. The van der Waals surface area contributed by atoms with Gasteiger partial charge in [-0.15, -0.1) is 11.3 Å². The van der Waals surface area contributed by atoms with Crippen molar-refractivity contribution < 1.29 is 4.52 Å². The molecule has 0 saturated carbocycles. The van der Waals surface area contributed by atoms with Crippen molar-refractivity contribution in [3.63, 3.8) is 0 Å². The third kappa shape index (κ3) is 3.57. The van der Waals surface area contributed by atoms with Crippen molar-refractivity contribution in [2.45, 2.75) is 32.2 Å². The van der Waals surface area contributed by atoms with Gasteiger partial charge < -0.3 is 4.52 Å². The van der Waals surface area contributed by atoms with Gasteiger partial charge in [0.2, 0.25) is 0 Å². The Morgan fingerprint density at radius 3 is 2.61 bits per heavy atom. The van der Waals surface area contributed by atoms with E-state index in [1.165, 1.54) is 15.3 Å². The van der Waals surface area contributed by atoms with Crippen molar-refractivity contribution in [2.75, 3.05) is 13.1 Å². The molecule has 142 valence electrons. The summed E-state index contributed by atoms with van der Waals surface area (Å²) in [6.07, 6.45) is 2.25. The van der Waals surface area contributed by atoms with Crippen molar-refractivity contribution in [3.05, 3.63) is 64.9 Å². The molecule has 0 radical (unpaired) electrons. The number of rotatable bonds is 4. The summed E-state index contributed by atoms with van der Waals surface area (Å²) < 4.78 is 6.75. The van der Waals surface area contributed by atoms with Crippen LogP contribution in [0.5, 0.6) is 0 Å². The molecule has 5 rings (SSSR count). The highest BCUT2D eigenvalue weighted by molar-refractivity contribution is 7.18. The lowest BCUT2D eigenvalue weighted by Gasteiger charge is -2.29. The summed E-state index contributed by atoms with van der Waals surface area (Å²) in [6.45, 7) is 4.88. The third-order valence-corrected chi connectivity index (χ3v) is 6.58. The Bertz CT molecular complexity index is 1040. The van der Waals surface area contributed by atoms with Gasteiger partial charge in [0.15, 0.2) is 5.82 Å². The molecule has 1 aliphatic rings. The van der Waals surface area contributed by atoms with Crippen LogP contribution in [0.3, 0.4) is 0 Å². The van der Waals surface area contributed by atoms with Crippen molar-refractivity contribution in [1.82, 2.24) is 20.0 Å². The highest BCUT2D eigenvalue weighted by Gasteiger charge is 2.24. The summed E-state index contributed by atoms with van der Waals surface area (Å²) in [5.41, 5.74) is 3.32. The molecule has 6 heteroatoms. The third-order valence-electron chi connectivity index (χ3n) is 5.38. The Hall–Kier alpha value is -2.57. The lowest BCUT2D eigenvalue weighted by molar-refractivity contribution is 0.198. The van der Waals surface area contributed by atoms with Crippen molar-refractivity contribution in [1.29, 1.82) is 0 Å². The van der Waals surface area contributed by atoms with Crippen LogP contribution in [0.2, 0.25) is 0 Å². The molecular formula is C22H22N4OS. The van der Waals surface area contributed by atoms with Gasteiger partial charge in [0.25, 0.3) is 5.89 Å². The van der Waals surface area contributed by atoms with Gasteiger partial charge in [-0.25, -0.2) is 4.98 Å². The predicted molar refractivity (Wildman–Crippen MR) is 111 cm³/mol. The second-order valence-electron chi connectivity index (χ2n) is 7.45. The van der Waals surface area contributed by atoms with E-state index in [1.807, 2.05) is 23.5 Å². The van der Waals surface area contributed by atoms with E-state index in [1.54, 1.807) is 0 Å². The Labute approximate surface area is 168 Å². The number of fused-ring (bicyclic) bond motifs is 1. The molecule has 4 aromatic rings. The van der Waals surface area contributed by atoms with Crippen LogP contribution in [0.25, 0.3) is 21.7 Å². The molecule has 28 heavy (non-hydrogen) atoms. The number of likely N-dealkylation sites (tertiary alicyclic amines) is 1. The van der Waals surface area contributed by atoms with Crippen LogP contribution in [-0.4, -0.2) is 33.1 Å². The number of hydrogen-bond donors (Lipinski definition) is 0. The molecule has 0 aliphatic carbocycles. The van der Waals surface area contributed by atoms with E-state index in [0.29, 0.717) is 11.8 Å². The van der Waals surface area contributed by atoms with Crippen LogP contribution in [0, 0.1) is 6.92 Å². The maximum Gasteiger partial charge on any atom is 0.257 e. The Balaban J connectivity index is 1.21. The number of aryl methyl sites for hydroxylation is 1. The lowest BCUT2D eigenvalue weighted by Crippen LogP contribution is -2.32. The van der Waals surface area contributed by atoms with Crippen LogP contribution in [-0.2, 0) is 6.54 Å². The molecule has 0 atom stereocenters. The highest BCUT2D eigenvalue weighted by Crippen LogP contribution is 2.34. The number of hydrogen-bond acceptors (Lipinski definition) is 6. The van der Waals surface area contributed by atoms with Gasteiger partial charge in [0.1, 0.15) is 0 Å². The van der Waals surface area contributed by atoms with Crippen molar-refractivity contribution in [2.24, 2.45) is 0 Å². The molecule has 1 saturated heterocycles. The zero-order valence-corrected chi connectivity index (χ0v) is 16.7. The number of thiazole rings is 1. The summed E-state index contributed by atoms with van der Waals surface area (Å²) in [5, 5.41) is 5.46. The largest absolute Gasteiger partial charge is 0.334 e. The molecule has 0 unspecified atom stereocenters. The Morgan fingerprint density at radius 2 is 1.82 bits per heavy atom. The average molecular weight is 391 g/mol. The van der Waals surface area contributed by atoms with Crippen molar-refractivity contribution in [3.8, 4) is 11.5 Å². The van der Waals surface area contributed by atoms with E-state index >= 15 is 0 Å². The number of nitrogens with zero attached hydrogens (tertiary/aromatic N) is 4. The van der Waals surface area contributed by atoms with Crippen LogP contribution in [0.4, 0.5) is 0 Å². The van der Waals surface area contributed by atoms with Crippen LogP contribution < -0.4 is 0 Å². The van der Waals surface area contributed by atoms with Gasteiger partial charge in [0.05, 0.1) is 21.8 Å². The average Bonchev–Trinajstić information content (AvgIpc) is 3.36. The molecule has 2 aromatic heterocycles. The molecular weight excluding hydrogens is 368 g/mol. The normalized spacial score (nSPS) is 16.0. The number of piperidine rings is 1. The minimum atomic E-state index is 0.557. The quantitative estimate of drug-likeness (QED) is 0.489. The molecule has 5 nitrogen and oxygen atoms in total. The number of para-hydroxylation sites is 1. The smallest absolute Gasteiger partial charge is 0.257 e. The molecule has 2 aromatic carbocycles. The van der Waals surface area contributed by atoms with E-state index in [4.69, 9.17) is 9.51 Å². The topological polar surface area (TPSA) is 55.1 Å². The van der Waals surface area contributed by atoms with Gasteiger partial charge in [-0.2, -0.15) is 4.98 Å². The standard InChI is InChI=1S/C22H22N4OS/c1-15-6-8-16(9-7-15)21-24-20(25-27-21)14-26-12-10-17(11-13-26)22-23-18-4-2-3-5-19(18)28-22/h2-9,17H,10-14H2,1H3. The summed E-state index contributed by atoms with van der Waals surface area (Å²) in [5.74, 6) is 1.91. The van der Waals surface area contributed by atoms with E-state index in [9.17, 15) is 0 Å². The maximum absolute atomic E-state index is 5.46. The molecule has 1 aliphatic heterocycles. The summed E-state index contributed by atoms with van der Waals surface area (Å²) in [6, 6.07) is 16.6. The highest BCUT2D eigenvalue weighted by atomic mass is 32.1. The molecule has 0 spiro atoms. The zero-order chi connectivity index (χ0) is 18.9. The SMILES string of the molecule is Cc1ccc(-c2nc(CN3CCC(c4nc5ccccc5s4)CC3)no2)cc1. The minimum Gasteiger partial charge on any atom is -0.334 e. The lowest BCUT2D eigenvalue weighted by atomic mass is 9.97. The molecule has 1 fully saturated rings. The van der Waals surface area contributed by atoms with Crippen LogP contribution in [0.1, 0.15) is 35.2 Å². The first-order valence-electron chi connectivity index (χ1n) is 9.72. The van der Waals surface area contributed by atoms with Gasteiger partial charge in [-0.1, -0.05) is 35.0 Å². The van der Waals surface area contributed by atoms with Gasteiger partial charge in [0, 0.05) is 11.5 Å². The monoisotopic (exact) mass is 390 g/mol. The Morgan fingerprint density at radius 1 is 1.04 bits per heavy atom. The second kappa shape index (κ2) is 7.45.